The molecule has 0 heterocycles. The topological polar surface area (TPSA) is 123 Å². The molecule has 0 aromatic heterocycles. The third-order valence-electron chi connectivity index (χ3n) is 2.57. The molecule has 0 saturated heterocycles. The zero-order valence-corrected chi connectivity index (χ0v) is 9.65. The van der Waals surface area contributed by atoms with Crippen molar-refractivity contribution in [1.29, 1.82) is 5.26 Å². The molecular weight excluding hydrogens is 246 g/mol. The normalized spacial score (nSPS) is 26.4. The van der Waals surface area contributed by atoms with Crippen molar-refractivity contribution in [2.45, 2.75) is 12.2 Å². The Hall–Kier alpha value is -2.14. The molecule has 1 aliphatic carbocycles. The van der Waals surface area contributed by atoms with Gasteiger partial charge in [0.25, 0.3) is 0 Å². The smallest absolute Gasteiger partial charge is 0.417 e. The van der Waals surface area contributed by atoms with E-state index in [-0.39, 0.29) is 0 Å². The highest BCUT2D eigenvalue weighted by Gasteiger charge is 2.62. The Kier molecular flexibility index (Phi) is 4.23. The van der Waals surface area contributed by atoms with Crippen LogP contribution in [0.3, 0.4) is 0 Å². The van der Waals surface area contributed by atoms with Crippen molar-refractivity contribution in [3.05, 3.63) is 0 Å². The minimum Gasteiger partial charge on any atom is -0.469 e. The number of esters is 3. The molecule has 0 aromatic rings. The Morgan fingerprint density at radius 2 is 1.83 bits per heavy atom. The fourth-order valence-electron chi connectivity index (χ4n) is 1.60. The van der Waals surface area contributed by atoms with Gasteiger partial charge in [-0.1, -0.05) is 0 Å². The second-order valence-electron chi connectivity index (χ2n) is 3.56. The number of hydrogen-bond acceptors (Lipinski definition) is 8. The Bertz CT molecular complexity index is 413. The van der Waals surface area contributed by atoms with Gasteiger partial charge < -0.3 is 19.3 Å². The third-order valence-corrected chi connectivity index (χ3v) is 2.57. The zero-order chi connectivity index (χ0) is 13.9. The molecule has 0 aromatic carbocycles. The van der Waals surface area contributed by atoms with E-state index >= 15 is 0 Å². The van der Waals surface area contributed by atoms with E-state index in [9.17, 15) is 19.5 Å². The first kappa shape index (κ1) is 13.9. The first-order chi connectivity index (χ1) is 8.47. The van der Waals surface area contributed by atoms with Crippen LogP contribution in [0.5, 0.6) is 0 Å². The lowest BCUT2D eigenvalue weighted by molar-refractivity contribution is -0.167. The average molecular weight is 257 g/mol. The van der Waals surface area contributed by atoms with Crippen LogP contribution < -0.4 is 0 Å². The first-order valence-electron chi connectivity index (χ1n) is 4.92. The van der Waals surface area contributed by atoms with Crippen LogP contribution in [0, 0.1) is 23.2 Å². The highest BCUT2D eigenvalue weighted by atomic mass is 16.6. The lowest BCUT2D eigenvalue weighted by atomic mass is 10.2. The zero-order valence-electron chi connectivity index (χ0n) is 9.65. The summed E-state index contributed by atoms with van der Waals surface area (Å²) < 4.78 is 13.2. The molecule has 98 valence electrons. The Morgan fingerprint density at radius 3 is 2.28 bits per heavy atom. The number of nitriles is 1. The van der Waals surface area contributed by atoms with Crippen molar-refractivity contribution < 1.29 is 33.7 Å². The molecule has 4 atom stereocenters. The Morgan fingerprint density at radius 1 is 1.22 bits per heavy atom. The van der Waals surface area contributed by atoms with Crippen LogP contribution in [-0.2, 0) is 28.6 Å². The lowest BCUT2D eigenvalue weighted by Gasteiger charge is -2.02. The van der Waals surface area contributed by atoms with E-state index in [1.165, 1.54) is 6.07 Å². The number of carbonyl (C=O) groups is 3. The molecular formula is C10H11NO7. The number of aliphatic hydroxyl groups is 1. The number of hydrogen-bond donors (Lipinski definition) is 1. The van der Waals surface area contributed by atoms with Crippen molar-refractivity contribution in [2.24, 2.45) is 11.8 Å². The summed E-state index contributed by atoms with van der Waals surface area (Å²) in [5.74, 6) is -5.08. The average Bonchev–Trinajstić information content (AvgIpc) is 3.09. The van der Waals surface area contributed by atoms with E-state index in [4.69, 9.17) is 5.26 Å². The minimum absolute atomic E-state index is 0.725. The van der Waals surface area contributed by atoms with E-state index in [2.05, 4.69) is 14.2 Å². The molecule has 0 radical (unpaired) electrons. The molecule has 1 aliphatic rings. The maximum absolute atomic E-state index is 11.3. The molecule has 8 nitrogen and oxygen atoms in total. The molecule has 0 unspecified atom stereocenters. The van der Waals surface area contributed by atoms with E-state index in [0.717, 1.165) is 14.2 Å². The second-order valence-corrected chi connectivity index (χ2v) is 3.56. The quantitative estimate of drug-likeness (QED) is 0.277. The number of ether oxygens (including phenoxy) is 3. The van der Waals surface area contributed by atoms with Gasteiger partial charge in [0, 0.05) is 0 Å². The monoisotopic (exact) mass is 257 g/mol. The summed E-state index contributed by atoms with van der Waals surface area (Å²) in [4.78, 5) is 33.2. The van der Waals surface area contributed by atoms with Crippen LogP contribution in [0.2, 0.25) is 0 Å². The maximum Gasteiger partial charge on any atom is 0.417 e. The Labute approximate surface area is 102 Å². The highest BCUT2D eigenvalue weighted by Crippen LogP contribution is 2.45. The SMILES string of the molecule is COC(=O)C(=O)O[C@@H]1[C@@H](C(=O)OC)[C@@H]1[C@H](O)C#N. The van der Waals surface area contributed by atoms with E-state index in [1.54, 1.807) is 0 Å². The molecule has 1 saturated carbocycles. The standard InChI is InChI=1S/C10H11NO7/c1-16-8(13)6-5(4(12)3-11)7(6)18-10(15)9(14)17-2/h4-7,12H,1-2H3/t4-,5+,6+,7+/m1/s1. The number of carbonyl (C=O) groups excluding carboxylic acids is 3. The van der Waals surface area contributed by atoms with Crippen molar-refractivity contribution >= 4 is 17.9 Å². The first-order valence-corrected chi connectivity index (χ1v) is 4.92. The van der Waals surface area contributed by atoms with Crippen molar-refractivity contribution in [1.82, 2.24) is 0 Å². The van der Waals surface area contributed by atoms with E-state index in [1.807, 2.05) is 0 Å². The highest BCUT2D eigenvalue weighted by molar-refractivity contribution is 6.29. The van der Waals surface area contributed by atoms with Gasteiger partial charge in [0.1, 0.15) is 18.1 Å². The summed E-state index contributed by atoms with van der Waals surface area (Å²) in [5, 5.41) is 17.9. The molecule has 0 bridgehead atoms. The van der Waals surface area contributed by atoms with Gasteiger partial charge in [0.2, 0.25) is 0 Å². The fraction of sp³-hybridized carbons (Fsp3) is 0.600. The lowest BCUT2D eigenvalue weighted by Crippen LogP contribution is -2.22. The number of aliphatic hydroxyl groups excluding tert-OH is 1. The predicted molar refractivity (Wildman–Crippen MR) is 52.5 cm³/mol. The minimum atomic E-state index is -1.48. The van der Waals surface area contributed by atoms with Gasteiger partial charge in [-0.25, -0.2) is 9.59 Å². The van der Waals surface area contributed by atoms with Gasteiger partial charge in [0.15, 0.2) is 0 Å². The van der Waals surface area contributed by atoms with Crippen LogP contribution >= 0.6 is 0 Å². The van der Waals surface area contributed by atoms with Crippen LogP contribution in [0.1, 0.15) is 0 Å². The van der Waals surface area contributed by atoms with Gasteiger partial charge in [0.05, 0.1) is 26.2 Å². The molecule has 1 fully saturated rings. The molecule has 0 aliphatic heterocycles. The Balaban J connectivity index is 2.70. The van der Waals surface area contributed by atoms with Crippen LogP contribution in [0.15, 0.2) is 0 Å². The summed E-state index contributed by atoms with van der Waals surface area (Å²) in [6.45, 7) is 0. The van der Waals surface area contributed by atoms with Crippen molar-refractivity contribution in [3.8, 4) is 6.07 Å². The van der Waals surface area contributed by atoms with Crippen LogP contribution in [0.4, 0.5) is 0 Å². The van der Waals surface area contributed by atoms with Crippen LogP contribution in [-0.4, -0.2) is 49.4 Å². The van der Waals surface area contributed by atoms with E-state index in [0.29, 0.717) is 0 Å². The fourth-order valence-corrected chi connectivity index (χ4v) is 1.60. The number of methoxy groups -OCH3 is 2. The van der Waals surface area contributed by atoms with Crippen molar-refractivity contribution in [2.75, 3.05) is 14.2 Å². The van der Waals surface area contributed by atoms with E-state index < -0.39 is 42.0 Å². The van der Waals surface area contributed by atoms with Gasteiger partial charge in [-0.3, -0.25) is 4.79 Å². The molecule has 8 heteroatoms. The second kappa shape index (κ2) is 5.46. The number of rotatable bonds is 3. The molecule has 1 N–H and O–H groups in total. The molecule has 0 spiro atoms. The molecule has 18 heavy (non-hydrogen) atoms. The molecule has 0 amide bonds. The van der Waals surface area contributed by atoms with Crippen molar-refractivity contribution in [3.63, 3.8) is 0 Å². The third kappa shape index (κ3) is 2.57. The van der Waals surface area contributed by atoms with Crippen LogP contribution in [0.25, 0.3) is 0 Å². The summed E-state index contributed by atoms with van der Waals surface area (Å²) >= 11 is 0. The van der Waals surface area contributed by atoms with Gasteiger partial charge in [-0.05, 0) is 0 Å². The number of nitrogens with zero attached hydrogens (tertiary/aromatic N) is 1. The predicted octanol–water partition coefficient (Wildman–Crippen LogP) is -1.63. The van der Waals surface area contributed by atoms with Gasteiger partial charge in [-0.2, -0.15) is 5.26 Å². The molecule has 1 rings (SSSR count). The largest absolute Gasteiger partial charge is 0.469 e. The summed E-state index contributed by atoms with van der Waals surface area (Å²) in [6, 6.07) is 1.52. The maximum atomic E-state index is 11.3. The van der Waals surface area contributed by atoms with Gasteiger partial charge >= 0.3 is 17.9 Å². The van der Waals surface area contributed by atoms with Gasteiger partial charge in [-0.15, -0.1) is 0 Å². The summed E-state index contributed by atoms with van der Waals surface area (Å²) in [5.41, 5.74) is 0. The summed E-state index contributed by atoms with van der Waals surface area (Å²) in [7, 11) is 2.12. The summed E-state index contributed by atoms with van der Waals surface area (Å²) in [6.07, 6.45) is -2.54.